The predicted molar refractivity (Wildman–Crippen MR) is 65.2 cm³/mol. The zero-order chi connectivity index (χ0) is 14.3. The quantitative estimate of drug-likeness (QED) is 0.712. The van der Waals surface area contributed by atoms with Gasteiger partial charge in [-0.2, -0.15) is 18.4 Å². The maximum atomic E-state index is 12.7. The fraction of sp³-hybridized carbons (Fsp3) is 0.214. The van der Waals surface area contributed by atoms with E-state index in [1.165, 1.54) is 6.07 Å². The minimum Gasteiger partial charge on any atom is -0.254 e. The molecule has 0 aromatic heterocycles. The molecule has 0 radical (unpaired) electrons. The van der Waals surface area contributed by atoms with Gasteiger partial charge in [0.25, 0.3) is 0 Å². The first-order valence-corrected chi connectivity index (χ1v) is 5.61. The molecule has 0 spiro atoms. The molecule has 1 aliphatic rings. The average molecular weight is 265 g/mol. The summed E-state index contributed by atoms with van der Waals surface area (Å²) in [5.74, 6) is 0. The molecule has 0 saturated carbocycles. The van der Waals surface area contributed by atoms with Crippen LogP contribution >= 0.6 is 0 Å². The number of nitrogens with zero attached hydrogens (tertiary/aromatic N) is 2. The summed E-state index contributed by atoms with van der Waals surface area (Å²) in [4.78, 5) is 0. The van der Waals surface area contributed by atoms with Crippen LogP contribution in [-0.2, 0) is 6.18 Å². The van der Waals surface area contributed by atoms with Gasteiger partial charge in [0.2, 0.25) is 5.70 Å². The molecule has 0 amide bonds. The Labute approximate surface area is 109 Å². The molecule has 0 unspecified atom stereocenters. The van der Waals surface area contributed by atoms with Crippen LogP contribution in [0.25, 0.3) is 5.70 Å². The summed E-state index contributed by atoms with van der Waals surface area (Å²) in [6, 6.07) is 7.21. The van der Waals surface area contributed by atoms with Gasteiger partial charge in [-0.1, -0.05) is 6.07 Å². The van der Waals surface area contributed by atoms with Gasteiger partial charge in [0.05, 0.1) is 19.7 Å². The SMILES string of the molecule is C[N+]1(C)C(C#N)=CC=C1c1cccc(C(F)(F)F)c1. The van der Waals surface area contributed by atoms with Crippen LogP contribution in [0.15, 0.2) is 42.1 Å². The number of halogens is 3. The van der Waals surface area contributed by atoms with Crippen LogP contribution in [0.2, 0.25) is 0 Å². The van der Waals surface area contributed by atoms with Crippen LogP contribution in [0.5, 0.6) is 0 Å². The molecule has 1 aliphatic heterocycles. The molecule has 1 aromatic rings. The van der Waals surface area contributed by atoms with Gasteiger partial charge in [0.1, 0.15) is 5.70 Å². The summed E-state index contributed by atoms with van der Waals surface area (Å²) < 4.78 is 38.3. The number of alkyl halides is 3. The van der Waals surface area contributed by atoms with Gasteiger partial charge in [0.15, 0.2) is 6.07 Å². The van der Waals surface area contributed by atoms with E-state index >= 15 is 0 Å². The first kappa shape index (κ1) is 13.4. The van der Waals surface area contributed by atoms with Crippen molar-refractivity contribution in [1.29, 1.82) is 5.26 Å². The Balaban J connectivity index is 2.44. The van der Waals surface area contributed by atoms with E-state index < -0.39 is 11.7 Å². The van der Waals surface area contributed by atoms with Crippen molar-refractivity contribution in [2.75, 3.05) is 14.1 Å². The monoisotopic (exact) mass is 265 g/mol. The van der Waals surface area contributed by atoms with E-state index in [1.54, 1.807) is 32.3 Å². The van der Waals surface area contributed by atoms with Crippen molar-refractivity contribution in [3.05, 3.63) is 53.2 Å². The predicted octanol–water partition coefficient (Wildman–Crippen LogP) is 3.54. The standard InChI is InChI=1S/C14H12F3N2/c1-19(2)12(9-18)6-7-13(19)10-4-3-5-11(8-10)14(15,16)17/h3-8H,1-2H3/q+1. The molecule has 0 saturated heterocycles. The first-order valence-electron chi connectivity index (χ1n) is 5.61. The van der Waals surface area contributed by atoms with Crippen molar-refractivity contribution < 1.29 is 17.7 Å². The van der Waals surface area contributed by atoms with Gasteiger partial charge in [-0.3, -0.25) is 4.48 Å². The summed E-state index contributed by atoms with van der Waals surface area (Å²) in [7, 11) is 3.54. The highest BCUT2D eigenvalue weighted by Crippen LogP contribution is 2.36. The van der Waals surface area contributed by atoms with E-state index in [-0.39, 0.29) is 4.48 Å². The zero-order valence-corrected chi connectivity index (χ0v) is 10.5. The molecule has 0 atom stereocenters. The van der Waals surface area contributed by atoms with E-state index in [1.807, 2.05) is 0 Å². The Morgan fingerprint density at radius 1 is 1.16 bits per heavy atom. The second-order valence-electron chi connectivity index (χ2n) is 4.75. The number of quaternary nitrogens is 1. The van der Waals surface area contributed by atoms with Gasteiger partial charge >= 0.3 is 6.18 Å². The van der Waals surface area contributed by atoms with Crippen LogP contribution < -0.4 is 0 Å². The lowest BCUT2D eigenvalue weighted by molar-refractivity contribution is -0.770. The summed E-state index contributed by atoms with van der Waals surface area (Å²) in [5.41, 5.74) is 0.952. The Hall–Kier alpha value is -2.06. The molecule has 1 heterocycles. The van der Waals surface area contributed by atoms with Crippen LogP contribution in [0.3, 0.4) is 0 Å². The molecule has 5 heteroatoms. The van der Waals surface area contributed by atoms with Gasteiger partial charge in [-0.25, -0.2) is 0 Å². The Morgan fingerprint density at radius 3 is 2.37 bits per heavy atom. The Bertz CT molecular complexity index is 616. The smallest absolute Gasteiger partial charge is 0.254 e. The lowest BCUT2D eigenvalue weighted by Gasteiger charge is -2.26. The van der Waals surface area contributed by atoms with E-state index in [0.29, 0.717) is 17.0 Å². The molecule has 2 nitrogen and oxygen atoms in total. The third-order valence-electron chi connectivity index (χ3n) is 3.20. The molecule has 0 bridgehead atoms. The van der Waals surface area contributed by atoms with Crippen LogP contribution in [0.4, 0.5) is 13.2 Å². The second-order valence-corrected chi connectivity index (χ2v) is 4.75. The average Bonchev–Trinajstić information content (AvgIpc) is 2.63. The van der Waals surface area contributed by atoms with Gasteiger partial charge < -0.3 is 0 Å². The largest absolute Gasteiger partial charge is 0.416 e. The number of nitriles is 1. The summed E-state index contributed by atoms with van der Waals surface area (Å²) in [6.45, 7) is 0. The van der Waals surface area contributed by atoms with Crippen LogP contribution in [0, 0.1) is 11.3 Å². The molecule has 0 aliphatic carbocycles. The van der Waals surface area contributed by atoms with Crippen molar-refractivity contribution in [2.24, 2.45) is 0 Å². The van der Waals surface area contributed by atoms with Crippen LogP contribution in [0.1, 0.15) is 11.1 Å². The molecule has 98 valence electrons. The normalized spacial score (nSPS) is 17.7. The summed E-state index contributed by atoms with van der Waals surface area (Å²) in [5, 5.41) is 9.00. The topological polar surface area (TPSA) is 23.8 Å². The number of benzene rings is 1. The molecule has 1 aromatic carbocycles. The van der Waals surface area contributed by atoms with Crippen molar-refractivity contribution >= 4 is 5.70 Å². The lowest BCUT2D eigenvalue weighted by Crippen LogP contribution is -2.33. The van der Waals surface area contributed by atoms with Crippen molar-refractivity contribution in [1.82, 2.24) is 0 Å². The molecule has 0 fully saturated rings. The highest BCUT2D eigenvalue weighted by molar-refractivity contribution is 5.66. The second kappa shape index (κ2) is 4.25. The molecular formula is C14H12F3N2+. The van der Waals surface area contributed by atoms with Gasteiger partial charge in [0, 0.05) is 17.7 Å². The minimum absolute atomic E-state index is 0.151. The number of allylic oxidation sites excluding steroid dienone is 3. The van der Waals surface area contributed by atoms with E-state index in [0.717, 1.165) is 12.1 Å². The summed E-state index contributed by atoms with van der Waals surface area (Å²) in [6.07, 6.45) is -1.04. The fourth-order valence-corrected chi connectivity index (χ4v) is 2.10. The Morgan fingerprint density at radius 2 is 1.84 bits per heavy atom. The van der Waals surface area contributed by atoms with E-state index in [9.17, 15) is 13.2 Å². The van der Waals surface area contributed by atoms with Crippen LogP contribution in [-0.4, -0.2) is 18.6 Å². The van der Waals surface area contributed by atoms with E-state index in [2.05, 4.69) is 6.07 Å². The number of hydrogen-bond acceptors (Lipinski definition) is 1. The highest BCUT2D eigenvalue weighted by atomic mass is 19.4. The number of hydrogen-bond donors (Lipinski definition) is 0. The lowest BCUT2D eigenvalue weighted by atomic mass is 10.1. The maximum absolute atomic E-state index is 12.7. The number of rotatable bonds is 1. The molecule has 19 heavy (non-hydrogen) atoms. The van der Waals surface area contributed by atoms with E-state index in [4.69, 9.17) is 5.26 Å². The van der Waals surface area contributed by atoms with Crippen molar-refractivity contribution in [3.63, 3.8) is 0 Å². The maximum Gasteiger partial charge on any atom is 0.416 e. The molecule has 2 rings (SSSR count). The third-order valence-corrected chi connectivity index (χ3v) is 3.20. The highest BCUT2D eigenvalue weighted by Gasteiger charge is 2.35. The molecular weight excluding hydrogens is 253 g/mol. The Kier molecular flexibility index (Phi) is 2.99. The van der Waals surface area contributed by atoms with Crippen molar-refractivity contribution in [3.8, 4) is 6.07 Å². The van der Waals surface area contributed by atoms with Gasteiger partial charge in [-0.05, 0) is 18.2 Å². The van der Waals surface area contributed by atoms with Crippen molar-refractivity contribution in [2.45, 2.75) is 6.18 Å². The fourth-order valence-electron chi connectivity index (χ4n) is 2.10. The zero-order valence-electron chi connectivity index (χ0n) is 10.5. The van der Waals surface area contributed by atoms with Gasteiger partial charge in [-0.15, -0.1) is 0 Å². The first-order chi connectivity index (χ1) is 8.76. The molecule has 0 N–H and O–H groups in total. The minimum atomic E-state index is -4.36. The third kappa shape index (κ3) is 2.27. The summed E-state index contributed by atoms with van der Waals surface area (Å²) >= 11 is 0.